The molecule has 0 aliphatic carbocycles. The summed E-state index contributed by atoms with van der Waals surface area (Å²) in [6.07, 6.45) is 4.49. The molecule has 0 spiro atoms. The Morgan fingerprint density at radius 1 is 0.745 bits per heavy atom. The number of hydrogen-bond donors (Lipinski definition) is 3. The van der Waals surface area contributed by atoms with Gasteiger partial charge in [0.05, 0.1) is 18.8 Å². The van der Waals surface area contributed by atoms with E-state index in [4.69, 9.17) is 9.47 Å². The van der Waals surface area contributed by atoms with Crippen molar-refractivity contribution in [3.05, 3.63) is 131 Å². The first-order valence-electron chi connectivity index (χ1n) is 18.7. The number of benzene rings is 4. The molecule has 4 aromatic carbocycles. The summed E-state index contributed by atoms with van der Waals surface area (Å²) in [5.41, 5.74) is 7.23. The van der Waals surface area contributed by atoms with Crippen LogP contribution in [0.4, 0.5) is 4.79 Å². The van der Waals surface area contributed by atoms with Crippen molar-refractivity contribution in [2.45, 2.75) is 76.8 Å². The molecule has 3 aliphatic rings. The fourth-order valence-corrected chi connectivity index (χ4v) is 7.96. The first-order valence-corrected chi connectivity index (χ1v) is 18.7. The van der Waals surface area contributed by atoms with Crippen LogP contribution in [0.25, 0.3) is 11.1 Å². The number of urea groups is 1. The second kappa shape index (κ2) is 17.0. The third-order valence-electron chi connectivity index (χ3n) is 11.0. The number of hydrogen-bond acceptors (Lipinski definition) is 6. The average molecular weight is 689 g/mol. The van der Waals surface area contributed by atoms with Crippen LogP contribution in [0.3, 0.4) is 0 Å². The molecule has 5 atom stereocenters. The Bertz CT molecular complexity index is 1690. The standard InChI is InChI=1S/C43H52N4O4/c1-31-40(29-47-25-9-13-38(47)28-46-23-7-8-24-46)50-42(51-41(31)35-17-15-33(30-48)16-18-35)36-21-19-34(20-22-36)39-14-6-5-12-37(39)27-45-43(49)44-26-32-10-3-2-4-11-32/h2-6,10-12,14-22,31,38,40-42,48H,7-9,13,23-30H2,1H3,(H2,44,45,49)/t31-,38-,40+,41+,42+/m0/s1. The van der Waals surface area contributed by atoms with Crippen molar-refractivity contribution in [2.75, 3.05) is 32.7 Å². The van der Waals surface area contributed by atoms with Gasteiger partial charge in [0.25, 0.3) is 0 Å². The zero-order valence-corrected chi connectivity index (χ0v) is 29.8. The number of nitrogens with zero attached hydrogens (tertiary/aromatic N) is 2. The van der Waals surface area contributed by atoms with E-state index in [0.29, 0.717) is 19.1 Å². The maximum atomic E-state index is 12.6. The lowest BCUT2D eigenvalue weighted by atomic mass is 9.89. The summed E-state index contributed by atoms with van der Waals surface area (Å²) in [5, 5.41) is 15.6. The van der Waals surface area contributed by atoms with Crippen molar-refractivity contribution in [1.82, 2.24) is 20.4 Å². The molecule has 7 rings (SSSR count). The van der Waals surface area contributed by atoms with E-state index in [1.165, 1.54) is 38.8 Å². The van der Waals surface area contributed by atoms with Crippen LogP contribution in [0.1, 0.15) is 72.8 Å². The Morgan fingerprint density at radius 2 is 1.45 bits per heavy atom. The zero-order chi connectivity index (χ0) is 35.0. The number of carbonyl (C=O) groups is 1. The van der Waals surface area contributed by atoms with E-state index >= 15 is 0 Å². The smallest absolute Gasteiger partial charge is 0.315 e. The highest BCUT2D eigenvalue weighted by Crippen LogP contribution is 2.42. The van der Waals surface area contributed by atoms with Crippen molar-refractivity contribution in [3.63, 3.8) is 0 Å². The van der Waals surface area contributed by atoms with Gasteiger partial charge in [-0.25, -0.2) is 4.79 Å². The van der Waals surface area contributed by atoms with E-state index in [1.54, 1.807) is 0 Å². The monoisotopic (exact) mass is 688 g/mol. The number of aliphatic hydroxyl groups is 1. The lowest BCUT2D eigenvalue weighted by molar-refractivity contribution is -0.276. The number of ether oxygens (including phenoxy) is 2. The molecule has 0 aromatic heterocycles. The molecule has 0 bridgehead atoms. The summed E-state index contributed by atoms with van der Waals surface area (Å²) in [6, 6.07) is 35.1. The third-order valence-corrected chi connectivity index (χ3v) is 11.0. The van der Waals surface area contributed by atoms with E-state index in [9.17, 15) is 9.90 Å². The number of amides is 2. The zero-order valence-electron chi connectivity index (χ0n) is 29.8. The summed E-state index contributed by atoms with van der Waals surface area (Å²) < 4.78 is 13.7. The topological polar surface area (TPSA) is 86.3 Å². The van der Waals surface area contributed by atoms with E-state index in [-0.39, 0.29) is 30.8 Å². The van der Waals surface area contributed by atoms with Gasteiger partial charge in [0.2, 0.25) is 0 Å². The van der Waals surface area contributed by atoms with E-state index in [0.717, 1.165) is 58.6 Å². The van der Waals surface area contributed by atoms with Crippen LogP contribution in [0.2, 0.25) is 0 Å². The second-order valence-electron chi connectivity index (χ2n) is 14.4. The van der Waals surface area contributed by atoms with Gasteiger partial charge in [0.15, 0.2) is 6.29 Å². The molecule has 4 aromatic rings. The Hall–Kier alpha value is -4.05. The highest BCUT2D eigenvalue weighted by Gasteiger charge is 2.41. The maximum absolute atomic E-state index is 12.6. The lowest BCUT2D eigenvalue weighted by Crippen LogP contribution is -2.48. The fourth-order valence-electron chi connectivity index (χ4n) is 7.96. The minimum Gasteiger partial charge on any atom is -0.392 e. The Kier molecular flexibility index (Phi) is 11.8. The maximum Gasteiger partial charge on any atom is 0.315 e. The largest absolute Gasteiger partial charge is 0.392 e. The molecule has 2 amide bonds. The Labute approximate surface area is 302 Å². The average Bonchev–Trinajstić information content (AvgIpc) is 3.87. The SMILES string of the molecule is C[C@H]1[C@@H](CN2CCC[C@H]2CN2CCCC2)O[C@@H](c2ccc(-c3ccccc3CNC(=O)NCc3ccccc3)cc2)O[C@H]1c1ccc(CO)cc1. The van der Waals surface area contributed by atoms with Crippen LogP contribution in [-0.4, -0.2) is 65.8 Å². The van der Waals surface area contributed by atoms with Crippen molar-refractivity contribution in [1.29, 1.82) is 0 Å². The molecule has 3 heterocycles. The summed E-state index contributed by atoms with van der Waals surface area (Å²) in [6.45, 7) is 8.79. The number of likely N-dealkylation sites (tertiary alicyclic amines) is 2. The highest BCUT2D eigenvalue weighted by molar-refractivity contribution is 5.75. The van der Waals surface area contributed by atoms with Gasteiger partial charge < -0.3 is 30.1 Å². The van der Waals surface area contributed by atoms with E-state index in [1.807, 2.05) is 54.6 Å². The molecular weight excluding hydrogens is 636 g/mol. The van der Waals surface area contributed by atoms with Crippen molar-refractivity contribution in [3.8, 4) is 11.1 Å². The predicted octanol–water partition coefficient (Wildman–Crippen LogP) is 7.20. The van der Waals surface area contributed by atoms with Crippen molar-refractivity contribution < 1.29 is 19.4 Å². The van der Waals surface area contributed by atoms with Gasteiger partial charge >= 0.3 is 6.03 Å². The van der Waals surface area contributed by atoms with Crippen molar-refractivity contribution in [2.24, 2.45) is 5.92 Å². The second-order valence-corrected chi connectivity index (χ2v) is 14.4. The number of rotatable bonds is 12. The molecule has 0 radical (unpaired) electrons. The first kappa shape index (κ1) is 35.4. The van der Waals surface area contributed by atoms with E-state index in [2.05, 4.69) is 75.9 Å². The van der Waals surface area contributed by atoms with Gasteiger partial charge in [-0.3, -0.25) is 4.90 Å². The number of carbonyl (C=O) groups excluding carboxylic acids is 1. The fraction of sp³-hybridized carbons (Fsp3) is 0.419. The summed E-state index contributed by atoms with van der Waals surface area (Å²) in [7, 11) is 0. The van der Waals surface area contributed by atoms with Gasteiger partial charge in [-0.05, 0) is 78.7 Å². The summed E-state index contributed by atoms with van der Waals surface area (Å²) >= 11 is 0. The van der Waals surface area contributed by atoms with Crippen LogP contribution >= 0.6 is 0 Å². The molecule has 3 saturated heterocycles. The molecule has 8 heteroatoms. The van der Waals surface area contributed by atoms with Gasteiger partial charge in [0, 0.05) is 43.7 Å². The summed E-state index contributed by atoms with van der Waals surface area (Å²) in [5.74, 6) is 0.151. The molecule has 0 unspecified atom stereocenters. The molecule has 51 heavy (non-hydrogen) atoms. The van der Waals surface area contributed by atoms with Gasteiger partial charge in [0.1, 0.15) is 0 Å². The van der Waals surface area contributed by atoms with Crippen LogP contribution in [0, 0.1) is 5.92 Å². The molecule has 8 nitrogen and oxygen atoms in total. The Balaban J connectivity index is 1.05. The molecule has 0 saturated carbocycles. The Morgan fingerprint density at radius 3 is 2.22 bits per heavy atom. The van der Waals surface area contributed by atoms with Crippen LogP contribution in [-0.2, 0) is 29.2 Å². The number of nitrogens with one attached hydrogen (secondary N) is 2. The lowest BCUT2D eigenvalue weighted by Gasteiger charge is -2.43. The minimum atomic E-state index is -0.507. The quantitative estimate of drug-likeness (QED) is 0.146. The van der Waals surface area contributed by atoms with Gasteiger partial charge in [-0.1, -0.05) is 110 Å². The number of aliphatic hydroxyl groups excluding tert-OH is 1. The molecule has 3 fully saturated rings. The highest BCUT2D eigenvalue weighted by atomic mass is 16.7. The van der Waals surface area contributed by atoms with Crippen molar-refractivity contribution >= 4 is 6.03 Å². The predicted molar refractivity (Wildman–Crippen MR) is 201 cm³/mol. The molecule has 3 N–H and O–H groups in total. The first-order chi connectivity index (χ1) is 25.0. The van der Waals surface area contributed by atoms with Crippen LogP contribution in [0.15, 0.2) is 103 Å². The van der Waals surface area contributed by atoms with E-state index < -0.39 is 6.29 Å². The summed E-state index contributed by atoms with van der Waals surface area (Å²) in [4.78, 5) is 17.9. The molecular formula is C43H52N4O4. The normalized spacial score (nSPS) is 24.1. The van der Waals surface area contributed by atoms with Gasteiger partial charge in [-0.15, -0.1) is 0 Å². The molecule has 268 valence electrons. The minimum absolute atomic E-state index is 0.00459. The third kappa shape index (κ3) is 8.88. The van der Waals surface area contributed by atoms with Crippen LogP contribution < -0.4 is 10.6 Å². The van der Waals surface area contributed by atoms with Crippen LogP contribution in [0.5, 0.6) is 0 Å². The molecule has 3 aliphatic heterocycles. The van der Waals surface area contributed by atoms with Gasteiger partial charge in [-0.2, -0.15) is 0 Å².